The standard InChI is InChI=1S/C12H11BrF2O4/c13-5-8(16)4-7-3-6(11(14)15)1-2-9(7)10(17)12(18)19/h1-3,10-11,17H,4-5H2,(H,18,19). The lowest BCUT2D eigenvalue weighted by molar-refractivity contribution is -0.147. The summed E-state index contributed by atoms with van der Waals surface area (Å²) in [5, 5.41) is 18.2. The van der Waals surface area contributed by atoms with Crippen molar-refractivity contribution in [3.63, 3.8) is 0 Å². The Hall–Kier alpha value is -1.34. The summed E-state index contributed by atoms with van der Waals surface area (Å²) in [6.07, 6.45) is -4.79. The molecule has 4 nitrogen and oxygen atoms in total. The molecule has 0 spiro atoms. The fourth-order valence-electron chi connectivity index (χ4n) is 1.57. The van der Waals surface area contributed by atoms with Crippen molar-refractivity contribution in [1.82, 2.24) is 0 Å². The SMILES string of the molecule is O=C(CBr)Cc1cc(C(F)F)ccc1C(O)C(=O)O. The number of Topliss-reactive ketones (excluding diaryl/α,β-unsaturated/α-hetero) is 1. The van der Waals surface area contributed by atoms with Gasteiger partial charge in [-0.1, -0.05) is 28.1 Å². The number of carbonyl (C=O) groups is 2. The number of alkyl halides is 3. The molecule has 0 aliphatic heterocycles. The van der Waals surface area contributed by atoms with Gasteiger partial charge in [-0.3, -0.25) is 4.79 Å². The van der Waals surface area contributed by atoms with Crippen molar-refractivity contribution in [2.45, 2.75) is 19.0 Å². The van der Waals surface area contributed by atoms with Gasteiger partial charge >= 0.3 is 5.97 Å². The Bertz CT molecular complexity index is 491. The minimum Gasteiger partial charge on any atom is -0.479 e. The first-order valence-corrected chi connectivity index (χ1v) is 6.38. The number of carbonyl (C=O) groups excluding carboxylic acids is 1. The van der Waals surface area contributed by atoms with E-state index in [9.17, 15) is 23.5 Å². The van der Waals surface area contributed by atoms with Crippen molar-refractivity contribution in [2.75, 3.05) is 5.33 Å². The van der Waals surface area contributed by atoms with Gasteiger partial charge in [-0.15, -0.1) is 0 Å². The molecule has 1 atom stereocenters. The lowest BCUT2D eigenvalue weighted by Crippen LogP contribution is -2.15. The van der Waals surface area contributed by atoms with Gasteiger partial charge < -0.3 is 10.2 Å². The van der Waals surface area contributed by atoms with Crippen molar-refractivity contribution >= 4 is 27.7 Å². The number of carboxylic acid groups (broad SMARTS) is 1. The number of aliphatic carboxylic acids is 1. The maximum atomic E-state index is 12.6. The van der Waals surface area contributed by atoms with Crippen molar-refractivity contribution in [1.29, 1.82) is 0 Å². The highest BCUT2D eigenvalue weighted by molar-refractivity contribution is 9.09. The Morgan fingerprint density at radius 3 is 2.42 bits per heavy atom. The van der Waals surface area contributed by atoms with E-state index in [0.717, 1.165) is 18.2 Å². The third kappa shape index (κ3) is 4.07. The number of aliphatic hydroxyl groups excluding tert-OH is 1. The van der Waals surface area contributed by atoms with Crippen LogP contribution in [-0.2, 0) is 16.0 Å². The summed E-state index contributed by atoms with van der Waals surface area (Å²) in [4.78, 5) is 22.1. The maximum absolute atomic E-state index is 12.6. The quantitative estimate of drug-likeness (QED) is 0.781. The zero-order valence-corrected chi connectivity index (χ0v) is 11.2. The molecule has 2 N–H and O–H groups in total. The molecule has 1 rings (SSSR count). The Morgan fingerprint density at radius 2 is 1.95 bits per heavy atom. The van der Waals surface area contributed by atoms with Crippen molar-refractivity contribution in [2.24, 2.45) is 0 Å². The average Bonchev–Trinajstić information content (AvgIpc) is 2.37. The first-order valence-electron chi connectivity index (χ1n) is 5.26. The number of aliphatic hydroxyl groups is 1. The van der Waals surface area contributed by atoms with Crippen LogP contribution in [0.4, 0.5) is 8.78 Å². The van der Waals surface area contributed by atoms with E-state index < -0.39 is 18.5 Å². The molecule has 7 heteroatoms. The minimum atomic E-state index is -2.73. The Morgan fingerprint density at radius 1 is 1.32 bits per heavy atom. The maximum Gasteiger partial charge on any atom is 0.337 e. The number of rotatable bonds is 6. The van der Waals surface area contributed by atoms with Gasteiger partial charge in [-0.2, -0.15) is 0 Å². The zero-order chi connectivity index (χ0) is 14.6. The smallest absolute Gasteiger partial charge is 0.337 e. The molecule has 0 aliphatic rings. The molecule has 0 aliphatic carbocycles. The highest BCUT2D eigenvalue weighted by atomic mass is 79.9. The molecule has 0 fully saturated rings. The van der Waals surface area contributed by atoms with Gasteiger partial charge in [0.15, 0.2) is 6.10 Å². The summed E-state index contributed by atoms with van der Waals surface area (Å²) >= 11 is 2.93. The van der Waals surface area contributed by atoms with E-state index in [0.29, 0.717) is 0 Å². The summed E-state index contributed by atoms with van der Waals surface area (Å²) < 4.78 is 25.2. The summed E-state index contributed by atoms with van der Waals surface area (Å²) in [6, 6.07) is 3.19. The second-order valence-electron chi connectivity index (χ2n) is 3.85. The van der Waals surface area contributed by atoms with E-state index >= 15 is 0 Å². The third-order valence-corrected chi connectivity index (χ3v) is 3.11. The van der Waals surface area contributed by atoms with Crippen LogP contribution < -0.4 is 0 Å². The highest BCUT2D eigenvalue weighted by Gasteiger charge is 2.22. The number of ketones is 1. The van der Waals surface area contributed by atoms with Crippen LogP contribution in [0, 0.1) is 0 Å². The Balaban J connectivity index is 3.21. The average molecular weight is 337 g/mol. The molecule has 0 radical (unpaired) electrons. The van der Waals surface area contributed by atoms with Gasteiger partial charge in [0, 0.05) is 12.0 Å². The van der Waals surface area contributed by atoms with Crippen LogP contribution in [-0.4, -0.2) is 27.3 Å². The number of hydrogen-bond acceptors (Lipinski definition) is 3. The molecule has 1 aromatic rings. The fraction of sp³-hybridized carbons (Fsp3) is 0.333. The number of hydrogen-bond donors (Lipinski definition) is 2. The van der Waals surface area contributed by atoms with Gasteiger partial charge in [0.25, 0.3) is 6.43 Å². The lowest BCUT2D eigenvalue weighted by atomic mass is 9.96. The van der Waals surface area contributed by atoms with E-state index in [2.05, 4.69) is 15.9 Å². The van der Waals surface area contributed by atoms with Crippen LogP contribution in [0.2, 0.25) is 0 Å². The summed E-state index contributed by atoms with van der Waals surface area (Å²) in [5.74, 6) is -1.80. The van der Waals surface area contributed by atoms with Gasteiger partial charge in [0.1, 0.15) is 5.78 Å². The van der Waals surface area contributed by atoms with E-state index in [1.54, 1.807) is 0 Å². The van der Waals surface area contributed by atoms with Crippen LogP contribution in [0.1, 0.15) is 29.2 Å². The zero-order valence-electron chi connectivity index (χ0n) is 9.65. The normalized spacial score (nSPS) is 12.5. The largest absolute Gasteiger partial charge is 0.479 e. The van der Waals surface area contributed by atoms with E-state index in [1.165, 1.54) is 0 Å². The fourth-order valence-corrected chi connectivity index (χ4v) is 1.77. The molecule has 0 amide bonds. The van der Waals surface area contributed by atoms with Crippen molar-refractivity contribution in [3.8, 4) is 0 Å². The van der Waals surface area contributed by atoms with Crippen LogP contribution in [0.25, 0.3) is 0 Å². The molecule has 0 saturated heterocycles. The Labute approximate surface area is 116 Å². The molecule has 1 unspecified atom stereocenters. The van der Waals surface area contributed by atoms with Crippen molar-refractivity contribution < 1.29 is 28.6 Å². The monoisotopic (exact) mass is 336 g/mol. The Kier molecular flexibility index (Phi) is 5.56. The van der Waals surface area contributed by atoms with Gasteiger partial charge in [0.2, 0.25) is 0 Å². The number of carboxylic acids is 1. The molecular weight excluding hydrogens is 326 g/mol. The van der Waals surface area contributed by atoms with Crippen LogP contribution in [0.5, 0.6) is 0 Å². The molecular formula is C12H11BrF2O4. The summed E-state index contributed by atoms with van der Waals surface area (Å²) in [7, 11) is 0. The molecule has 0 heterocycles. The molecule has 1 aromatic carbocycles. The number of halogens is 3. The topological polar surface area (TPSA) is 74.6 Å². The minimum absolute atomic E-state index is 0.0223. The predicted molar refractivity (Wildman–Crippen MR) is 66.5 cm³/mol. The molecule has 0 aromatic heterocycles. The van der Waals surface area contributed by atoms with Crippen molar-refractivity contribution in [3.05, 3.63) is 34.9 Å². The third-order valence-electron chi connectivity index (χ3n) is 2.48. The number of benzene rings is 1. The second-order valence-corrected chi connectivity index (χ2v) is 4.41. The van der Waals surface area contributed by atoms with Crippen LogP contribution in [0.15, 0.2) is 18.2 Å². The summed E-state index contributed by atoms with van der Waals surface area (Å²) in [5.41, 5.74) is -0.276. The summed E-state index contributed by atoms with van der Waals surface area (Å²) in [6.45, 7) is 0. The van der Waals surface area contributed by atoms with E-state index in [1.807, 2.05) is 0 Å². The molecule has 104 valence electrons. The van der Waals surface area contributed by atoms with E-state index in [4.69, 9.17) is 5.11 Å². The van der Waals surface area contributed by atoms with Gasteiger partial charge in [-0.25, -0.2) is 13.6 Å². The lowest BCUT2D eigenvalue weighted by Gasteiger charge is -2.13. The highest BCUT2D eigenvalue weighted by Crippen LogP contribution is 2.26. The first kappa shape index (κ1) is 15.7. The van der Waals surface area contributed by atoms with Crippen LogP contribution in [0.3, 0.4) is 0 Å². The van der Waals surface area contributed by atoms with E-state index in [-0.39, 0.29) is 34.2 Å². The molecule has 0 bridgehead atoms. The predicted octanol–water partition coefficient (Wildman–Crippen LogP) is 2.25. The second kappa shape index (κ2) is 6.72. The molecule has 0 saturated carbocycles. The van der Waals surface area contributed by atoms with Gasteiger partial charge in [0.05, 0.1) is 5.33 Å². The first-order chi connectivity index (χ1) is 8.86. The van der Waals surface area contributed by atoms with Crippen LogP contribution >= 0.6 is 15.9 Å². The molecule has 19 heavy (non-hydrogen) atoms. The van der Waals surface area contributed by atoms with Gasteiger partial charge in [-0.05, 0) is 17.2 Å².